The Bertz CT molecular complexity index is 503. The largest absolute Gasteiger partial charge is 0.310 e. The fourth-order valence-corrected chi connectivity index (χ4v) is 2.17. The molecule has 0 saturated heterocycles. The van der Waals surface area contributed by atoms with Crippen LogP contribution in [0.2, 0.25) is 0 Å². The number of nitrogens with zero attached hydrogens (tertiary/aromatic N) is 3. The second-order valence-corrected chi connectivity index (χ2v) is 4.67. The monoisotopic (exact) mass is 213 g/mol. The van der Waals surface area contributed by atoms with E-state index in [-0.39, 0.29) is 0 Å². The number of rotatable bonds is 2. The van der Waals surface area contributed by atoms with Crippen LogP contribution in [0.5, 0.6) is 0 Å². The molecule has 0 N–H and O–H groups in total. The van der Waals surface area contributed by atoms with Crippen molar-refractivity contribution in [1.29, 1.82) is 0 Å². The van der Waals surface area contributed by atoms with E-state index in [1.54, 1.807) is 0 Å². The molecule has 1 saturated carbocycles. The first kappa shape index (κ1) is 9.58. The van der Waals surface area contributed by atoms with Crippen LogP contribution < -0.4 is 0 Å². The van der Waals surface area contributed by atoms with Gasteiger partial charge in [0.2, 0.25) is 0 Å². The second-order valence-electron chi connectivity index (χ2n) is 4.67. The quantitative estimate of drug-likeness (QED) is 0.768. The average molecular weight is 213 g/mol. The van der Waals surface area contributed by atoms with Gasteiger partial charge < -0.3 is 4.57 Å². The molecule has 0 amide bonds. The van der Waals surface area contributed by atoms with E-state index in [1.165, 1.54) is 29.5 Å². The van der Waals surface area contributed by atoms with Gasteiger partial charge in [-0.3, -0.25) is 0 Å². The highest BCUT2D eigenvalue weighted by molar-refractivity contribution is 5.58. The summed E-state index contributed by atoms with van der Waals surface area (Å²) >= 11 is 0. The standard InChI is InChI=1S/C13H15N3/c1-9-5-10(2)7-11(6-9)13-15-14-8-16(13)12-3-4-12/h5-8,12H,3-4H2,1-2H3. The molecule has 82 valence electrons. The van der Waals surface area contributed by atoms with Crippen LogP contribution in [-0.4, -0.2) is 14.8 Å². The Balaban J connectivity index is 2.10. The maximum Gasteiger partial charge on any atom is 0.164 e. The van der Waals surface area contributed by atoms with Crippen LogP contribution in [0.1, 0.15) is 30.0 Å². The summed E-state index contributed by atoms with van der Waals surface area (Å²) in [5.41, 5.74) is 3.74. The highest BCUT2D eigenvalue weighted by atomic mass is 15.3. The Morgan fingerprint density at radius 2 is 1.81 bits per heavy atom. The summed E-state index contributed by atoms with van der Waals surface area (Å²) in [4.78, 5) is 0. The third-order valence-electron chi connectivity index (χ3n) is 2.99. The lowest BCUT2D eigenvalue weighted by atomic mass is 10.1. The van der Waals surface area contributed by atoms with E-state index in [2.05, 4.69) is 46.8 Å². The van der Waals surface area contributed by atoms with Gasteiger partial charge in [0.25, 0.3) is 0 Å². The topological polar surface area (TPSA) is 30.7 Å². The summed E-state index contributed by atoms with van der Waals surface area (Å²) in [7, 11) is 0. The van der Waals surface area contributed by atoms with Gasteiger partial charge in [0, 0.05) is 11.6 Å². The fraction of sp³-hybridized carbons (Fsp3) is 0.385. The first-order valence-corrected chi connectivity index (χ1v) is 5.72. The van der Waals surface area contributed by atoms with Crippen molar-refractivity contribution < 1.29 is 0 Å². The second kappa shape index (κ2) is 3.44. The molecular formula is C13H15N3. The van der Waals surface area contributed by atoms with Crippen molar-refractivity contribution in [2.75, 3.05) is 0 Å². The van der Waals surface area contributed by atoms with Crippen molar-refractivity contribution in [3.63, 3.8) is 0 Å². The molecule has 2 aromatic rings. The predicted molar refractivity (Wildman–Crippen MR) is 63.2 cm³/mol. The van der Waals surface area contributed by atoms with Crippen LogP contribution >= 0.6 is 0 Å². The van der Waals surface area contributed by atoms with Crippen molar-refractivity contribution in [3.8, 4) is 11.4 Å². The van der Waals surface area contributed by atoms with Gasteiger partial charge in [0.05, 0.1) is 0 Å². The molecule has 3 heteroatoms. The highest BCUT2D eigenvalue weighted by Crippen LogP contribution is 2.37. The normalized spacial score (nSPS) is 15.4. The van der Waals surface area contributed by atoms with Crippen LogP contribution in [0.15, 0.2) is 24.5 Å². The molecule has 3 nitrogen and oxygen atoms in total. The van der Waals surface area contributed by atoms with Gasteiger partial charge in [-0.1, -0.05) is 17.2 Å². The SMILES string of the molecule is Cc1cc(C)cc(-c2nncn2C2CC2)c1. The first-order valence-electron chi connectivity index (χ1n) is 5.72. The average Bonchev–Trinajstić information content (AvgIpc) is 2.94. The number of hydrogen-bond donors (Lipinski definition) is 0. The van der Waals surface area contributed by atoms with E-state index < -0.39 is 0 Å². The maximum atomic E-state index is 4.24. The summed E-state index contributed by atoms with van der Waals surface area (Å²) in [6.07, 6.45) is 4.37. The molecule has 0 radical (unpaired) electrons. The Labute approximate surface area is 95.1 Å². The number of hydrogen-bond acceptors (Lipinski definition) is 2. The van der Waals surface area contributed by atoms with Gasteiger partial charge in [0.1, 0.15) is 6.33 Å². The van der Waals surface area contributed by atoms with Crippen molar-refractivity contribution in [2.45, 2.75) is 32.7 Å². The smallest absolute Gasteiger partial charge is 0.164 e. The lowest BCUT2D eigenvalue weighted by Gasteiger charge is -2.06. The molecule has 3 rings (SSSR count). The molecule has 0 atom stereocenters. The van der Waals surface area contributed by atoms with Gasteiger partial charge in [-0.25, -0.2) is 0 Å². The van der Waals surface area contributed by atoms with Crippen molar-refractivity contribution in [3.05, 3.63) is 35.7 Å². The predicted octanol–water partition coefficient (Wildman–Crippen LogP) is 2.90. The molecule has 0 unspecified atom stereocenters. The Kier molecular flexibility index (Phi) is 2.06. The van der Waals surface area contributed by atoms with E-state index in [1.807, 2.05) is 6.33 Å². The molecule has 1 aromatic heterocycles. The van der Waals surface area contributed by atoms with Crippen LogP contribution in [0.3, 0.4) is 0 Å². The summed E-state index contributed by atoms with van der Waals surface area (Å²) < 4.78 is 2.20. The Morgan fingerprint density at radius 3 is 2.44 bits per heavy atom. The number of aryl methyl sites for hydroxylation is 2. The molecule has 1 fully saturated rings. The van der Waals surface area contributed by atoms with Crippen molar-refractivity contribution in [2.24, 2.45) is 0 Å². The highest BCUT2D eigenvalue weighted by Gasteiger charge is 2.26. The molecule has 1 aliphatic carbocycles. The summed E-state index contributed by atoms with van der Waals surface area (Å²) in [5.74, 6) is 1.01. The van der Waals surface area contributed by atoms with Gasteiger partial charge in [-0.15, -0.1) is 10.2 Å². The third kappa shape index (κ3) is 1.62. The molecule has 1 heterocycles. The van der Waals surface area contributed by atoms with Crippen LogP contribution in [0.4, 0.5) is 0 Å². The van der Waals surface area contributed by atoms with Gasteiger partial charge in [-0.05, 0) is 38.8 Å². The van der Waals surface area contributed by atoms with E-state index in [9.17, 15) is 0 Å². The molecule has 0 bridgehead atoms. The number of benzene rings is 1. The Hall–Kier alpha value is -1.64. The van der Waals surface area contributed by atoms with E-state index in [0.29, 0.717) is 6.04 Å². The molecule has 0 spiro atoms. The zero-order valence-corrected chi connectivity index (χ0v) is 9.64. The van der Waals surface area contributed by atoms with Gasteiger partial charge in [-0.2, -0.15) is 0 Å². The lowest BCUT2D eigenvalue weighted by Crippen LogP contribution is -1.96. The van der Waals surface area contributed by atoms with Gasteiger partial charge >= 0.3 is 0 Å². The fourth-order valence-electron chi connectivity index (χ4n) is 2.17. The zero-order chi connectivity index (χ0) is 11.1. The molecule has 1 aromatic carbocycles. The van der Waals surface area contributed by atoms with Crippen molar-refractivity contribution >= 4 is 0 Å². The minimum atomic E-state index is 0.630. The minimum absolute atomic E-state index is 0.630. The van der Waals surface area contributed by atoms with E-state index in [0.717, 1.165) is 5.82 Å². The third-order valence-corrected chi connectivity index (χ3v) is 2.99. The number of aromatic nitrogens is 3. The lowest BCUT2D eigenvalue weighted by molar-refractivity contribution is 0.746. The first-order chi connectivity index (χ1) is 7.74. The molecule has 0 aliphatic heterocycles. The van der Waals surface area contributed by atoms with Crippen LogP contribution in [0, 0.1) is 13.8 Å². The summed E-state index contributed by atoms with van der Waals surface area (Å²) in [5, 5.41) is 8.27. The molecule has 1 aliphatic rings. The summed E-state index contributed by atoms with van der Waals surface area (Å²) in [6, 6.07) is 7.17. The Morgan fingerprint density at radius 1 is 1.12 bits per heavy atom. The van der Waals surface area contributed by atoms with E-state index >= 15 is 0 Å². The molecular weight excluding hydrogens is 198 g/mol. The van der Waals surface area contributed by atoms with Crippen LogP contribution in [-0.2, 0) is 0 Å². The van der Waals surface area contributed by atoms with Crippen LogP contribution in [0.25, 0.3) is 11.4 Å². The zero-order valence-electron chi connectivity index (χ0n) is 9.64. The van der Waals surface area contributed by atoms with Gasteiger partial charge in [0.15, 0.2) is 5.82 Å². The van der Waals surface area contributed by atoms with Crippen molar-refractivity contribution in [1.82, 2.24) is 14.8 Å². The summed E-state index contributed by atoms with van der Waals surface area (Å²) in [6.45, 7) is 4.24. The minimum Gasteiger partial charge on any atom is -0.310 e. The van der Waals surface area contributed by atoms with E-state index in [4.69, 9.17) is 0 Å². The maximum absolute atomic E-state index is 4.24. The molecule has 16 heavy (non-hydrogen) atoms.